The molecule has 1 rings (SSSR count). The lowest BCUT2D eigenvalue weighted by Crippen LogP contribution is -2.21. The minimum absolute atomic E-state index is 0.0113. The summed E-state index contributed by atoms with van der Waals surface area (Å²) in [5.74, 6) is -1.43. The molecule has 1 N–H and O–H groups in total. The third-order valence-corrected chi connectivity index (χ3v) is 3.21. The molecular weight excluding hydrogens is 298 g/mol. The van der Waals surface area contributed by atoms with E-state index in [4.69, 9.17) is 16.7 Å². The van der Waals surface area contributed by atoms with E-state index in [1.165, 1.54) is 6.07 Å². The normalized spacial score (nSPS) is 11.6. The fourth-order valence-electron chi connectivity index (χ4n) is 1.43. The molecule has 0 bridgehead atoms. The zero-order valence-electron chi connectivity index (χ0n) is 8.85. The number of halogens is 3. The summed E-state index contributed by atoms with van der Waals surface area (Å²) in [6.45, 7) is 3.55. The second-order valence-electron chi connectivity index (χ2n) is 4.21. The van der Waals surface area contributed by atoms with Crippen LogP contribution in [0.15, 0.2) is 16.6 Å². The number of hydrogen-bond donors (Lipinski definition) is 1. The predicted molar refractivity (Wildman–Crippen MR) is 64.4 cm³/mol. The topological polar surface area (TPSA) is 37.3 Å². The van der Waals surface area contributed by atoms with Crippen LogP contribution in [0.3, 0.4) is 0 Å². The van der Waals surface area contributed by atoms with Gasteiger partial charge in [-0.05, 0) is 33.6 Å². The van der Waals surface area contributed by atoms with Gasteiger partial charge >= 0.3 is 5.97 Å². The van der Waals surface area contributed by atoms with E-state index in [9.17, 15) is 9.18 Å². The first-order valence-corrected chi connectivity index (χ1v) is 5.78. The third-order valence-electron chi connectivity index (χ3n) is 2.36. The molecule has 0 heterocycles. The van der Waals surface area contributed by atoms with Crippen LogP contribution in [0.1, 0.15) is 25.8 Å². The van der Waals surface area contributed by atoms with E-state index in [0.717, 1.165) is 0 Å². The van der Waals surface area contributed by atoms with Crippen molar-refractivity contribution in [3.8, 4) is 0 Å². The van der Waals surface area contributed by atoms with Crippen LogP contribution in [0.5, 0.6) is 0 Å². The number of rotatable bonds is 3. The van der Waals surface area contributed by atoms with Gasteiger partial charge in [-0.1, -0.05) is 25.4 Å². The fraction of sp³-hybridized carbons (Fsp3) is 0.364. The van der Waals surface area contributed by atoms with Gasteiger partial charge in [-0.2, -0.15) is 0 Å². The highest BCUT2D eigenvalue weighted by Gasteiger charge is 2.25. The molecule has 0 radical (unpaired) electrons. The zero-order chi connectivity index (χ0) is 12.5. The van der Waals surface area contributed by atoms with Gasteiger partial charge < -0.3 is 5.11 Å². The van der Waals surface area contributed by atoms with Crippen LogP contribution in [0, 0.1) is 5.82 Å². The van der Waals surface area contributed by atoms with Crippen LogP contribution in [0.2, 0.25) is 5.02 Å². The molecule has 16 heavy (non-hydrogen) atoms. The number of hydrogen-bond acceptors (Lipinski definition) is 1. The summed E-state index contributed by atoms with van der Waals surface area (Å²) < 4.78 is 13.5. The van der Waals surface area contributed by atoms with Crippen molar-refractivity contribution < 1.29 is 14.3 Å². The second-order valence-corrected chi connectivity index (χ2v) is 5.47. The smallest absolute Gasteiger partial charge is 0.304 e. The molecule has 5 heteroatoms. The number of carboxylic acid groups (broad SMARTS) is 1. The first kappa shape index (κ1) is 13.5. The lowest BCUT2D eigenvalue weighted by molar-refractivity contribution is -0.138. The highest BCUT2D eigenvalue weighted by molar-refractivity contribution is 9.10. The maximum absolute atomic E-state index is 13.3. The zero-order valence-corrected chi connectivity index (χ0v) is 11.2. The summed E-state index contributed by atoms with van der Waals surface area (Å²) in [4.78, 5) is 10.7. The molecule has 0 aliphatic rings. The summed E-state index contributed by atoms with van der Waals surface area (Å²) in [7, 11) is 0. The predicted octanol–water partition coefficient (Wildman–Crippen LogP) is 3.99. The van der Waals surface area contributed by atoms with Crippen LogP contribution in [-0.2, 0) is 10.2 Å². The van der Waals surface area contributed by atoms with Crippen molar-refractivity contribution in [1.29, 1.82) is 0 Å². The van der Waals surface area contributed by atoms with Crippen LogP contribution in [-0.4, -0.2) is 11.1 Å². The molecule has 2 nitrogen and oxygen atoms in total. The number of benzene rings is 1. The Balaban J connectivity index is 3.18. The average molecular weight is 310 g/mol. The number of carbonyl (C=O) groups is 1. The monoisotopic (exact) mass is 308 g/mol. The van der Waals surface area contributed by atoms with Crippen LogP contribution in [0.4, 0.5) is 4.39 Å². The van der Waals surface area contributed by atoms with Crippen LogP contribution in [0.25, 0.3) is 0 Å². The van der Waals surface area contributed by atoms with Gasteiger partial charge in [0.2, 0.25) is 0 Å². The Hall–Kier alpha value is -0.610. The number of aliphatic carboxylic acids is 1. The minimum atomic E-state index is -0.901. The van der Waals surface area contributed by atoms with Gasteiger partial charge in [-0.25, -0.2) is 4.39 Å². The minimum Gasteiger partial charge on any atom is -0.481 e. The van der Waals surface area contributed by atoms with Gasteiger partial charge in [-0.15, -0.1) is 0 Å². The standard InChI is InChI=1S/C11H11BrClFO2/c1-11(2,5-9(15)16)6-3-7(12)10(14)8(13)4-6/h3-4H,5H2,1-2H3,(H,15,16). The molecule has 1 aromatic carbocycles. The molecule has 0 aliphatic carbocycles. The Kier molecular flexibility index (Phi) is 3.97. The molecule has 0 saturated heterocycles. The largest absolute Gasteiger partial charge is 0.481 e. The molecule has 0 spiro atoms. The van der Waals surface area contributed by atoms with Gasteiger partial charge in [0.15, 0.2) is 5.82 Å². The Morgan fingerprint density at radius 2 is 2.12 bits per heavy atom. The fourth-order valence-corrected chi connectivity index (χ4v) is 2.22. The molecule has 0 fully saturated rings. The number of carboxylic acids is 1. The van der Waals surface area contributed by atoms with Crippen molar-refractivity contribution >= 4 is 33.5 Å². The van der Waals surface area contributed by atoms with Gasteiger partial charge in [-0.3, -0.25) is 4.79 Å². The molecule has 1 aromatic rings. The van der Waals surface area contributed by atoms with E-state index in [-0.39, 0.29) is 15.9 Å². The van der Waals surface area contributed by atoms with Crippen molar-refractivity contribution in [1.82, 2.24) is 0 Å². The van der Waals surface area contributed by atoms with E-state index >= 15 is 0 Å². The summed E-state index contributed by atoms with van der Waals surface area (Å²) >= 11 is 8.76. The van der Waals surface area contributed by atoms with Gasteiger partial charge in [0.05, 0.1) is 15.9 Å². The first-order valence-electron chi connectivity index (χ1n) is 4.61. The van der Waals surface area contributed by atoms with Gasteiger partial charge in [0.25, 0.3) is 0 Å². The lowest BCUT2D eigenvalue weighted by atomic mass is 9.82. The summed E-state index contributed by atoms with van der Waals surface area (Å²) in [6, 6.07) is 3.02. The SMILES string of the molecule is CC(C)(CC(=O)O)c1cc(Cl)c(F)c(Br)c1. The van der Waals surface area contributed by atoms with Crippen LogP contribution < -0.4 is 0 Å². The molecule has 88 valence electrons. The molecule has 0 unspecified atom stereocenters. The van der Waals surface area contributed by atoms with E-state index in [2.05, 4.69) is 15.9 Å². The molecule has 0 saturated carbocycles. The van der Waals surface area contributed by atoms with Crippen molar-refractivity contribution in [2.45, 2.75) is 25.7 Å². The quantitative estimate of drug-likeness (QED) is 0.857. The lowest BCUT2D eigenvalue weighted by Gasteiger charge is -2.23. The molecule has 0 atom stereocenters. The van der Waals surface area contributed by atoms with Crippen molar-refractivity contribution in [2.24, 2.45) is 0 Å². The summed E-state index contributed by atoms with van der Waals surface area (Å²) in [5, 5.41) is 8.77. The average Bonchev–Trinajstić information content (AvgIpc) is 2.11. The molecule has 0 aromatic heterocycles. The molecule has 0 amide bonds. The Bertz CT molecular complexity index is 409. The highest BCUT2D eigenvalue weighted by atomic mass is 79.9. The van der Waals surface area contributed by atoms with E-state index in [1.54, 1.807) is 19.9 Å². The van der Waals surface area contributed by atoms with E-state index in [1.807, 2.05) is 0 Å². The van der Waals surface area contributed by atoms with Crippen molar-refractivity contribution in [3.63, 3.8) is 0 Å². The molecule has 0 aliphatic heterocycles. The van der Waals surface area contributed by atoms with E-state index in [0.29, 0.717) is 5.56 Å². The third kappa shape index (κ3) is 2.95. The Morgan fingerprint density at radius 1 is 1.56 bits per heavy atom. The first-order chi connectivity index (χ1) is 7.24. The second kappa shape index (κ2) is 4.72. The van der Waals surface area contributed by atoms with E-state index < -0.39 is 17.2 Å². The maximum atomic E-state index is 13.3. The molecular formula is C11H11BrClFO2. The van der Waals surface area contributed by atoms with Gasteiger partial charge in [0.1, 0.15) is 0 Å². The summed E-state index contributed by atoms with van der Waals surface area (Å²) in [5.41, 5.74) is 0.0966. The highest BCUT2D eigenvalue weighted by Crippen LogP contribution is 2.33. The Morgan fingerprint density at radius 3 is 2.56 bits per heavy atom. The van der Waals surface area contributed by atoms with Crippen LogP contribution >= 0.6 is 27.5 Å². The Labute approximate surface area is 107 Å². The van der Waals surface area contributed by atoms with Gasteiger partial charge in [0, 0.05) is 5.41 Å². The maximum Gasteiger partial charge on any atom is 0.304 e. The summed E-state index contributed by atoms with van der Waals surface area (Å²) in [6.07, 6.45) is -0.0403. The van der Waals surface area contributed by atoms with Crippen molar-refractivity contribution in [3.05, 3.63) is 33.0 Å². The van der Waals surface area contributed by atoms with Crippen molar-refractivity contribution in [2.75, 3.05) is 0 Å².